The first kappa shape index (κ1) is 23.3. The smallest absolute Gasteiger partial charge is 0.247 e. The molecule has 0 saturated carbocycles. The van der Waals surface area contributed by atoms with Crippen LogP contribution in [0.4, 0.5) is 0 Å². The van der Waals surface area contributed by atoms with Gasteiger partial charge in [-0.05, 0) is 37.0 Å². The van der Waals surface area contributed by atoms with Crippen LogP contribution in [0.5, 0.6) is 0 Å². The maximum atomic E-state index is 13.1. The van der Waals surface area contributed by atoms with E-state index in [2.05, 4.69) is 33.9 Å². The van der Waals surface area contributed by atoms with Crippen molar-refractivity contribution in [2.75, 3.05) is 19.3 Å². The zero-order chi connectivity index (χ0) is 22.2. The van der Waals surface area contributed by atoms with Gasteiger partial charge in [-0.2, -0.15) is 0 Å². The van der Waals surface area contributed by atoms with E-state index >= 15 is 0 Å². The number of likely N-dealkylation sites (tertiary alicyclic amines) is 1. The van der Waals surface area contributed by atoms with Gasteiger partial charge in [0.05, 0.1) is 0 Å². The molecule has 1 aromatic carbocycles. The Hall–Kier alpha value is -2.35. The van der Waals surface area contributed by atoms with Crippen molar-refractivity contribution in [3.8, 4) is 0 Å². The first-order valence-electron chi connectivity index (χ1n) is 11.1. The van der Waals surface area contributed by atoms with Crippen molar-refractivity contribution in [1.82, 2.24) is 25.0 Å². The molecule has 168 valence electrons. The zero-order valence-electron chi connectivity index (χ0n) is 18.7. The number of amides is 2. The Kier molecular flexibility index (Phi) is 8.51. The average Bonchev–Trinajstić information content (AvgIpc) is 3.14. The van der Waals surface area contributed by atoms with Crippen molar-refractivity contribution >= 4 is 23.6 Å². The van der Waals surface area contributed by atoms with E-state index in [-0.39, 0.29) is 11.8 Å². The quantitative estimate of drug-likeness (QED) is 0.449. The van der Waals surface area contributed by atoms with Gasteiger partial charge in [-0.25, -0.2) is 0 Å². The Bertz CT molecular complexity index is 868. The summed E-state index contributed by atoms with van der Waals surface area (Å²) in [5, 5.41) is 12.6. The largest absolute Gasteiger partial charge is 0.354 e. The fourth-order valence-corrected chi connectivity index (χ4v) is 4.49. The second-order valence-corrected chi connectivity index (χ2v) is 9.13. The Labute approximate surface area is 189 Å². The lowest BCUT2D eigenvalue weighted by molar-refractivity contribution is -0.142. The summed E-state index contributed by atoms with van der Waals surface area (Å²) in [5.41, 5.74) is 0.858. The molecule has 0 radical (unpaired) electrons. The maximum Gasteiger partial charge on any atom is 0.247 e. The number of hydrogen-bond acceptors (Lipinski definition) is 5. The van der Waals surface area contributed by atoms with Gasteiger partial charge in [0.15, 0.2) is 5.16 Å². The Morgan fingerprint density at radius 3 is 2.65 bits per heavy atom. The van der Waals surface area contributed by atoms with Crippen LogP contribution in [0.3, 0.4) is 0 Å². The number of aromatic nitrogens is 3. The van der Waals surface area contributed by atoms with Crippen molar-refractivity contribution in [3.63, 3.8) is 0 Å². The van der Waals surface area contributed by atoms with E-state index in [1.807, 2.05) is 36.6 Å². The number of aryl methyl sites for hydroxylation is 1. The number of benzene rings is 1. The van der Waals surface area contributed by atoms with Crippen LogP contribution in [0.15, 0.2) is 35.5 Å². The molecule has 1 unspecified atom stereocenters. The Balaban J connectivity index is 1.62. The monoisotopic (exact) mass is 443 g/mol. The van der Waals surface area contributed by atoms with E-state index < -0.39 is 6.04 Å². The van der Waals surface area contributed by atoms with Gasteiger partial charge >= 0.3 is 0 Å². The molecular weight excluding hydrogens is 410 g/mol. The summed E-state index contributed by atoms with van der Waals surface area (Å²) in [4.78, 5) is 27.4. The number of piperidine rings is 1. The molecule has 2 aromatic rings. The van der Waals surface area contributed by atoms with E-state index in [4.69, 9.17) is 0 Å². The molecule has 1 N–H and O–H groups in total. The molecule has 1 saturated heterocycles. The summed E-state index contributed by atoms with van der Waals surface area (Å²) in [5.74, 6) is 1.41. The fourth-order valence-electron chi connectivity index (χ4n) is 3.97. The van der Waals surface area contributed by atoms with Gasteiger partial charge in [-0.3, -0.25) is 9.59 Å². The van der Waals surface area contributed by atoms with E-state index in [1.165, 1.54) is 0 Å². The molecule has 0 bridgehead atoms. The van der Waals surface area contributed by atoms with Crippen LogP contribution in [-0.2, 0) is 22.6 Å². The third-order valence-corrected chi connectivity index (χ3v) is 6.10. The standard InChI is InChI=1S/C23H33N5O2S/c1-17(2)16-28-19(25-26-23(28)31-3)12-9-14-24-22(30)21(18-10-5-4-6-11-18)27-15-8-7-13-20(27)29/h4-6,10-11,17,21H,7-9,12-16H2,1-3H3,(H,24,30). The maximum absolute atomic E-state index is 13.1. The Morgan fingerprint density at radius 1 is 1.19 bits per heavy atom. The summed E-state index contributed by atoms with van der Waals surface area (Å²) in [7, 11) is 0. The van der Waals surface area contributed by atoms with Crippen molar-refractivity contribution in [1.29, 1.82) is 0 Å². The molecule has 0 aliphatic carbocycles. The average molecular weight is 444 g/mol. The molecule has 1 fully saturated rings. The van der Waals surface area contributed by atoms with Crippen LogP contribution in [-0.4, -0.2) is 50.8 Å². The normalized spacial score (nSPS) is 15.4. The van der Waals surface area contributed by atoms with Crippen LogP contribution in [0.25, 0.3) is 0 Å². The molecule has 1 atom stereocenters. The molecule has 1 aliphatic rings. The highest BCUT2D eigenvalue weighted by Crippen LogP contribution is 2.26. The van der Waals surface area contributed by atoms with Gasteiger partial charge in [0.2, 0.25) is 11.8 Å². The second-order valence-electron chi connectivity index (χ2n) is 8.36. The Morgan fingerprint density at radius 2 is 1.97 bits per heavy atom. The minimum absolute atomic E-state index is 0.0571. The lowest BCUT2D eigenvalue weighted by atomic mass is 10.0. The van der Waals surface area contributed by atoms with Crippen molar-refractivity contribution in [3.05, 3.63) is 41.7 Å². The van der Waals surface area contributed by atoms with E-state index in [9.17, 15) is 9.59 Å². The first-order valence-corrected chi connectivity index (χ1v) is 12.3. The van der Waals surface area contributed by atoms with Crippen LogP contribution in [0.1, 0.15) is 57.0 Å². The predicted molar refractivity (Wildman–Crippen MR) is 123 cm³/mol. The van der Waals surface area contributed by atoms with Gasteiger partial charge in [0.25, 0.3) is 0 Å². The summed E-state index contributed by atoms with van der Waals surface area (Å²) in [6, 6.07) is 9.02. The third-order valence-electron chi connectivity index (χ3n) is 5.44. The topological polar surface area (TPSA) is 80.1 Å². The number of carbonyl (C=O) groups excluding carboxylic acids is 2. The first-order chi connectivity index (χ1) is 15.0. The van der Waals surface area contributed by atoms with Gasteiger partial charge in [0, 0.05) is 32.5 Å². The molecule has 1 aromatic heterocycles. The summed E-state index contributed by atoms with van der Waals surface area (Å²) in [6.07, 6.45) is 5.88. The minimum Gasteiger partial charge on any atom is -0.354 e. The zero-order valence-corrected chi connectivity index (χ0v) is 19.5. The van der Waals surface area contributed by atoms with Crippen LogP contribution in [0, 0.1) is 5.92 Å². The molecule has 2 heterocycles. The van der Waals surface area contributed by atoms with Gasteiger partial charge < -0.3 is 14.8 Å². The molecule has 1 aliphatic heterocycles. The van der Waals surface area contributed by atoms with Gasteiger partial charge in [-0.1, -0.05) is 55.9 Å². The third kappa shape index (κ3) is 6.09. The van der Waals surface area contributed by atoms with Crippen molar-refractivity contribution in [2.45, 2.75) is 63.7 Å². The predicted octanol–water partition coefficient (Wildman–Crippen LogP) is 3.46. The molecule has 2 amide bonds. The van der Waals surface area contributed by atoms with Gasteiger partial charge in [0.1, 0.15) is 11.9 Å². The van der Waals surface area contributed by atoms with Crippen LogP contribution >= 0.6 is 11.8 Å². The summed E-state index contributed by atoms with van der Waals surface area (Å²) in [6.45, 7) is 6.41. The van der Waals surface area contributed by atoms with Crippen LogP contribution < -0.4 is 5.32 Å². The molecule has 8 heteroatoms. The molecule has 31 heavy (non-hydrogen) atoms. The lowest BCUT2D eigenvalue weighted by Gasteiger charge is -2.34. The van der Waals surface area contributed by atoms with Gasteiger partial charge in [-0.15, -0.1) is 10.2 Å². The number of rotatable bonds is 10. The molecule has 0 spiro atoms. The highest BCUT2D eigenvalue weighted by atomic mass is 32.2. The number of hydrogen-bond donors (Lipinski definition) is 1. The van der Waals surface area contributed by atoms with E-state index in [0.29, 0.717) is 25.4 Å². The molecular formula is C23H33N5O2S. The fraction of sp³-hybridized carbons (Fsp3) is 0.565. The van der Waals surface area contributed by atoms with Crippen molar-refractivity contribution in [2.24, 2.45) is 5.92 Å². The number of carbonyl (C=O) groups is 2. The van der Waals surface area contributed by atoms with Crippen LogP contribution in [0.2, 0.25) is 0 Å². The highest BCUT2D eigenvalue weighted by Gasteiger charge is 2.32. The SMILES string of the molecule is CSc1nnc(CCCNC(=O)C(c2ccccc2)N2CCCCC2=O)n1CC(C)C. The molecule has 7 nitrogen and oxygen atoms in total. The lowest BCUT2D eigenvalue weighted by Crippen LogP contribution is -2.46. The number of thioether (sulfide) groups is 1. The highest BCUT2D eigenvalue weighted by molar-refractivity contribution is 7.98. The second kappa shape index (κ2) is 11.3. The number of nitrogens with zero attached hydrogens (tertiary/aromatic N) is 4. The summed E-state index contributed by atoms with van der Waals surface area (Å²) < 4.78 is 2.18. The molecule has 3 rings (SSSR count). The number of nitrogens with one attached hydrogen (secondary N) is 1. The summed E-state index contributed by atoms with van der Waals surface area (Å²) >= 11 is 1.60. The van der Waals surface area contributed by atoms with Crippen molar-refractivity contribution < 1.29 is 9.59 Å². The minimum atomic E-state index is -0.568. The van der Waals surface area contributed by atoms with E-state index in [0.717, 1.165) is 48.8 Å². The van der Waals surface area contributed by atoms with E-state index in [1.54, 1.807) is 16.7 Å².